The lowest BCUT2D eigenvalue weighted by atomic mass is 10.0. The summed E-state index contributed by atoms with van der Waals surface area (Å²) in [4.78, 5) is 14.5. The van der Waals surface area contributed by atoms with Crippen molar-refractivity contribution >= 4 is 11.6 Å². The van der Waals surface area contributed by atoms with E-state index in [1.165, 1.54) is 57.8 Å². The van der Waals surface area contributed by atoms with E-state index in [1.807, 2.05) is 30.3 Å². The molecule has 2 nitrogen and oxygen atoms in total. The highest BCUT2D eigenvalue weighted by atomic mass is 16.2. The molecule has 26 heavy (non-hydrogen) atoms. The Hall–Kier alpha value is -1.83. The monoisotopic (exact) mass is 355 g/mol. The van der Waals surface area contributed by atoms with Gasteiger partial charge in [-0.15, -0.1) is 6.58 Å². The van der Waals surface area contributed by atoms with E-state index in [2.05, 4.69) is 20.1 Å². The predicted molar refractivity (Wildman–Crippen MR) is 115 cm³/mol. The van der Waals surface area contributed by atoms with Crippen molar-refractivity contribution in [3.8, 4) is 0 Å². The third kappa shape index (κ3) is 9.03. The van der Waals surface area contributed by atoms with Gasteiger partial charge in [0.15, 0.2) is 0 Å². The first-order valence-corrected chi connectivity index (χ1v) is 10.4. The van der Waals surface area contributed by atoms with E-state index in [9.17, 15) is 4.79 Å². The van der Waals surface area contributed by atoms with Crippen LogP contribution in [0.1, 0.15) is 77.6 Å². The van der Waals surface area contributed by atoms with E-state index >= 15 is 0 Å². The fourth-order valence-corrected chi connectivity index (χ4v) is 3.17. The lowest BCUT2D eigenvalue weighted by Gasteiger charge is -2.22. The Morgan fingerprint density at radius 3 is 2.00 bits per heavy atom. The zero-order valence-electron chi connectivity index (χ0n) is 16.7. The van der Waals surface area contributed by atoms with E-state index in [0.717, 1.165) is 18.5 Å². The van der Waals surface area contributed by atoms with Gasteiger partial charge in [-0.1, -0.05) is 95.6 Å². The molecule has 0 heterocycles. The number of rotatable bonds is 15. The third-order valence-electron chi connectivity index (χ3n) is 4.76. The summed E-state index contributed by atoms with van der Waals surface area (Å²) in [6, 6.07) is 9.76. The van der Waals surface area contributed by atoms with Gasteiger partial charge in [0.2, 0.25) is 0 Å². The van der Waals surface area contributed by atoms with E-state index in [-0.39, 0.29) is 5.91 Å². The second-order valence-corrected chi connectivity index (χ2v) is 7.08. The Balaban J connectivity index is 2.23. The normalized spacial score (nSPS) is 10.5. The van der Waals surface area contributed by atoms with E-state index in [1.54, 1.807) is 11.0 Å². The molecule has 0 aliphatic heterocycles. The molecule has 0 spiro atoms. The van der Waals surface area contributed by atoms with Gasteiger partial charge in [0.05, 0.1) is 0 Å². The summed E-state index contributed by atoms with van der Waals surface area (Å²) in [6.07, 6.45) is 15.6. The van der Waals surface area contributed by atoms with Gasteiger partial charge in [-0.25, -0.2) is 0 Å². The molecule has 1 aromatic carbocycles. The largest absolute Gasteiger partial charge is 0.305 e. The van der Waals surface area contributed by atoms with Crippen molar-refractivity contribution in [2.24, 2.45) is 0 Å². The van der Waals surface area contributed by atoms with Crippen molar-refractivity contribution in [2.75, 3.05) is 11.4 Å². The minimum absolute atomic E-state index is 0.0204. The maximum absolute atomic E-state index is 12.7. The van der Waals surface area contributed by atoms with Crippen LogP contribution in [0.25, 0.3) is 0 Å². The molecular weight excluding hydrogens is 318 g/mol. The molecule has 0 aliphatic carbocycles. The van der Waals surface area contributed by atoms with E-state index in [4.69, 9.17) is 0 Å². The minimum Gasteiger partial charge on any atom is -0.305 e. The highest BCUT2D eigenvalue weighted by Gasteiger charge is 2.16. The maximum atomic E-state index is 12.7. The Kier molecular flexibility index (Phi) is 12.3. The van der Waals surface area contributed by atoms with Gasteiger partial charge in [-0.3, -0.25) is 4.79 Å². The summed E-state index contributed by atoms with van der Waals surface area (Å²) in [6.45, 7) is 10.6. The van der Waals surface area contributed by atoms with Crippen LogP contribution < -0.4 is 4.90 Å². The number of hydrogen-bond donors (Lipinski definition) is 0. The van der Waals surface area contributed by atoms with Crippen LogP contribution in [0.5, 0.6) is 0 Å². The number of carbonyl (C=O) groups excluding carboxylic acids is 1. The molecule has 0 N–H and O–H groups in total. The average Bonchev–Trinajstić information content (AvgIpc) is 2.67. The van der Waals surface area contributed by atoms with Crippen LogP contribution in [0.4, 0.5) is 5.69 Å². The number of unbranched alkanes of at least 4 members (excludes halogenated alkanes) is 9. The summed E-state index contributed by atoms with van der Waals surface area (Å²) < 4.78 is 0. The molecule has 1 amide bonds. The Labute approximate surface area is 161 Å². The van der Waals surface area contributed by atoms with Gasteiger partial charge >= 0.3 is 0 Å². The van der Waals surface area contributed by atoms with Gasteiger partial charge in [0, 0.05) is 17.8 Å². The third-order valence-corrected chi connectivity index (χ3v) is 4.76. The molecule has 0 radical (unpaired) electrons. The Morgan fingerprint density at radius 1 is 0.923 bits per heavy atom. The van der Waals surface area contributed by atoms with Crippen molar-refractivity contribution < 1.29 is 4.79 Å². The van der Waals surface area contributed by atoms with Crippen molar-refractivity contribution in [2.45, 2.75) is 77.6 Å². The van der Waals surface area contributed by atoms with Gasteiger partial charge < -0.3 is 4.90 Å². The molecular formula is C24H37NO. The average molecular weight is 356 g/mol. The standard InChI is InChI=1S/C24H37NO/c1-4-6-7-8-9-10-11-12-13-15-18-22(3)24(26)25(21-5-2)23-19-16-14-17-20-23/h5,14,16-17,19-20H,2-4,6-13,15,18,21H2,1H3. The smallest absolute Gasteiger partial charge is 0.253 e. The van der Waals surface area contributed by atoms with Gasteiger partial charge in [0.1, 0.15) is 0 Å². The van der Waals surface area contributed by atoms with Crippen molar-refractivity contribution in [1.29, 1.82) is 0 Å². The van der Waals surface area contributed by atoms with Crippen LogP contribution in [0, 0.1) is 0 Å². The molecule has 0 saturated heterocycles. The van der Waals surface area contributed by atoms with Gasteiger partial charge in [-0.2, -0.15) is 0 Å². The molecule has 0 aromatic heterocycles. The second-order valence-electron chi connectivity index (χ2n) is 7.08. The predicted octanol–water partition coefficient (Wildman–Crippen LogP) is 7.07. The fraction of sp³-hybridized carbons (Fsp3) is 0.542. The van der Waals surface area contributed by atoms with Gasteiger partial charge in [0.25, 0.3) is 5.91 Å². The second kappa shape index (κ2) is 14.4. The first-order valence-electron chi connectivity index (χ1n) is 10.4. The zero-order chi connectivity index (χ0) is 19.0. The fourth-order valence-electron chi connectivity index (χ4n) is 3.17. The topological polar surface area (TPSA) is 20.3 Å². The Morgan fingerprint density at radius 2 is 1.46 bits per heavy atom. The molecule has 0 unspecified atom stereocenters. The van der Waals surface area contributed by atoms with E-state index < -0.39 is 0 Å². The van der Waals surface area contributed by atoms with E-state index in [0.29, 0.717) is 12.1 Å². The highest BCUT2D eigenvalue weighted by Crippen LogP contribution is 2.19. The summed E-state index contributed by atoms with van der Waals surface area (Å²) in [7, 11) is 0. The lowest BCUT2D eigenvalue weighted by Crippen LogP contribution is -2.32. The molecule has 0 saturated carbocycles. The molecule has 144 valence electrons. The zero-order valence-corrected chi connectivity index (χ0v) is 16.7. The molecule has 2 heteroatoms. The summed E-state index contributed by atoms with van der Waals surface area (Å²) in [5, 5.41) is 0. The number of hydrogen-bond acceptors (Lipinski definition) is 1. The first-order chi connectivity index (χ1) is 12.7. The number of amides is 1. The molecule has 0 atom stereocenters. The molecule has 1 rings (SSSR count). The summed E-state index contributed by atoms with van der Waals surface area (Å²) in [5.74, 6) is 0.0204. The van der Waals surface area contributed by atoms with Crippen LogP contribution in [0.15, 0.2) is 55.1 Å². The summed E-state index contributed by atoms with van der Waals surface area (Å²) in [5.41, 5.74) is 1.61. The van der Waals surface area contributed by atoms with Crippen LogP contribution in [0.3, 0.4) is 0 Å². The molecule has 1 aromatic rings. The Bertz CT molecular complexity index is 520. The SMILES string of the molecule is C=CCN(C(=O)C(=C)CCCCCCCCCCCC)c1ccccc1. The van der Waals surface area contributed by atoms with Crippen LogP contribution in [-0.2, 0) is 4.79 Å². The molecule has 0 aliphatic rings. The lowest BCUT2D eigenvalue weighted by molar-refractivity contribution is -0.115. The van der Waals surface area contributed by atoms with Crippen molar-refractivity contribution in [3.05, 3.63) is 55.1 Å². The van der Waals surface area contributed by atoms with Crippen LogP contribution in [0.2, 0.25) is 0 Å². The number of anilines is 1. The van der Waals surface area contributed by atoms with Gasteiger partial charge in [-0.05, 0) is 25.0 Å². The number of carbonyl (C=O) groups is 1. The minimum atomic E-state index is 0.0204. The molecule has 0 bridgehead atoms. The summed E-state index contributed by atoms with van der Waals surface area (Å²) >= 11 is 0. The van der Waals surface area contributed by atoms with Crippen molar-refractivity contribution in [3.63, 3.8) is 0 Å². The number of para-hydroxylation sites is 1. The number of benzene rings is 1. The van der Waals surface area contributed by atoms with Crippen LogP contribution in [-0.4, -0.2) is 12.5 Å². The quantitative estimate of drug-likeness (QED) is 0.187. The number of nitrogens with zero attached hydrogens (tertiary/aromatic N) is 1. The molecule has 0 fully saturated rings. The maximum Gasteiger partial charge on any atom is 0.253 e. The van der Waals surface area contributed by atoms with Crippen LogP contribution >= 0.6 is 0 Å². The highest BCUT2D eigenvalue weighted by molar-refractivity contribution is 6.05. The van der Waals surface area contributed by atoms with Crippen molar-refractivity contribution in [1.82, 2.24) is 0 Å². The first kappa shape index (κ1) is 22.2.